The van der Waals surface area contributed by atoms with Crippen molar-refractivity contribution in [3.63, 3.8) is 0 Å². The quantitative estimate of drug-likeness (QED) is 0.891. The van der Waals surface area contributed by atoms with E-state index in [2.05, 4.69) is 18.8 Å². The highest BCUT2D eigenvalue weighted by atomic mass is 35.5. The number of hydrogen-bond donors (Lipinski definition) is 1. The Morgan fingerprint density at radius 3 is 2.75 bits per heavy atom. The van der Waals surface area contributed by atoms with Crippen LogP contribution in [0.15, 0.2) is 23.0 Å². The second-order valence-corrected chi connectivity index (χ2v) is 6.57. The minimum Gasteiger partial charge on any atom is -0.495 e. The average Bonchev–Trinajstić information content (AvgIpc) is 2.77. The summed E-state index contributed by atoms with van der Waals surface area (Å²) in [5, 5.41) is 0.548. The smallest absolute Gasteiger partial charge is 0.305 e. The van der Waals surface area contributed by atoms with Crippen LogP contribution in [0.25, 0.3) is 11.3 Å². The van der Waals surface area contributed by atoms with E-state index in [-0.39, 0.29) is 4.87 Å². The Balaban J connectivity index is 2.36. The second-order valence-electron chi connectivity index (χ2n) is 5.09. The van der Waals surface area contributed by atoms with Crippen LogP contribution in [-0.4, -0.2) is 12.1 Å². The third-order valence-corrected chi connectivity index (χ3v) is 4.35. The zero-order chi connectivity index (χ0) is 14.7. The fourth-order valence-corrected chi connectivity index (χ4v) is 3.14. The molecule has 0 saturated heterocycles. The van der Waals surface area contributed by atoms with Crippen molar-refractivity contribution in [3.8, 4) is 17.0 Å². The Hall–Kier alpha value is -1.26. The molecule has 0 aliphatic heterocycles. The molecule has 3 nitrogen and oxygen atoms in total. The lowest BCUT2D eigenvalue weighted by molar-refractivity contribution is 0.415. The third-order valence-electron chi connectivity index (χ3n) is 3.11. The Kier molecular flexibility index (Phi) is 4.89. The molecule has 5 heteroatoms. The lowest BCUT2D eigenvalue weighted by Crippen LogP contribution is -1.94. The zero-order valence-electron chi connectivity index (χ0n) is 11.8. The van der Waals surface area contributed by atoms with Crippen molar-refractivity contribution >= 4 is 22.9 Å². The number of nitrogens with one attached hydrogen (secondary N) is 1. The first-order valence-corrected chi connectivity index (χ1v) is 7.76. The van der Waals surface area contributed by atoms with Crippen molar-refractivity contribution in [2.75, 3.05) is 7.11 Å². The van der Waals surface area contributed by atoms with Crippen LogP contribution in [0.1, 0.15) is 25.1 Å². The number of aryl methyl sites for hydroxylation is 1. The molecule has 0 atom stereocenters. The average molecular weight is 312 g/mol. The van der Waals surface area contributed by atoms with Gasteiger partial charge >= 0.3 is 4.87 Å². The van der Waals surface area contributed by atoms with Gasteiger partial charge in [-0.05, 0) is 37.0 Å². The lowest BCUT2D eigenvalue weighted by Gasteiger charge is -2.08. The first-order chi connectivity index (χ1) is 9.51. The van der Waals surface area contributed by atoms with Crippen LogP contribution in [0.3, 0.4) is 0 Å². The molecule has 1 N–H and O–H groups in total. The minimum atomic E-state index is -0.0225. The first-order valence-electron chi connectivity index (χ1n) is 6.57. The van der Waals surface area contributed by atoms with Crippen LogP contribution in [0, 0.1) is 5.92 Å². The number of H-pyrrole nitrogens is 1. The predicted octanol–water partition coefficient (Wildman–Crippen LogP) is 4.35. The normalized spacial score (nSPS) is 11.1. The molecule has 20 heavy (non-hydrogen) atoms. The number of halogens is 1. The van der Waals surface area contributed by atoms with Gasteiger partial charge in [0.05, 0.1) is 17.8 Å². The van der Waals surface area contributed by atoms with Gasteiger partial charge in [0.2, 0.25) is 0 Å². The number of aromatic amines is 1. The summed E-state index contributed by atoms with van der Waals surface area (Å²) >= 11 is 7.43. The van der Waals surface area contributed by atoms with E-state index >= 15 is 0 Å². The monoisotopic (exact) mass is 311 g/mol. The molecule has 0 fully saturated rings. The maximum Gasteiger partial charge on any atom is 0.305 e. The van der Waals surface area contributed by atoms with Gasteiger partial charge in [-0.15, -0.1) is 0 Å². The summed E-state index contributed by atoms with van der Waals surface area (Å²) < 4.78 is 5.15. The Morgan fingerprint density at radius 1 is 1.40 bits per heavy atom. The van der Waals surface area contributed by atoms with Gasteiger partial charge in [-0.1, -0.05) is 36.8 Å². The van der Waals surface area contributed by atoms with Gasteiger partial charge in [0, 0.05) is 10.4 Å². The molecule has 0 bridgehead atoms. The molecule has 0 radical (unpaired) electrons. The van der Waals surface area contributed by atoms with E-state index in [1.807, 2.05) is 18.2 Å². The van der Waals surface area contributed by atoms with Crippen molar-refractivity contribution < 1.29 is 4.74 Å². The largest absolute Gasteiger partial charge is 0.495 e. The van der Waals surface area contributed by atoms with Gasteiger partial charge in [-0.3, -0.25) is 4.79 Å². The Bertz CT molecular complexity index is 646. The molecule has 0 spiro atoms. The summed E-state index contributed by atoms with van der Waals surface area (Å²) in [4.78, 5) is 15.6. The van der Waals surface area contributed by atoms with Gasteiger partial charge in [0.1, 0.15) is 5.75 Å². The fraction of sp³-hybridized carbons (Fsp3) is 0.400. The number of thiazole rings is 1. The highest BCUT2D eigenvalue weighted by Gasteiger charge is 2.12. The molecule has 0 amide bonds. The molecular formula is C15H18ClNO2S. The van der Waals surface area contributed by atoms with Gasteiger partial charge in [0.25, 0.3) is 0 Å². The number of hydrogen-bond acceptors (Lipinski definition) is 3. The second kappa shape index (κ2) is 6.46. The van der Waals surface area contributed by atoms with Gasteiger partial charge in [-0.2, -0.15) is 0 Å². The third kappa shape index (κ3) is 3.44. The maximum absolute atomic E-state index is 11.6. The van der Waals surface area contributed by atoms with Gasteiger partial charge in [0.15, 0.2) is 0 Å². The number of aromatic nitrogens is 1. The van der Waals surface area contributed by atoms with Crippen LogP contribution in [-0.2, 0) is 6.42 Å². The van der Waals surface area contributed by atoms with E-state index in [4.69, 9.17) is 16.3 Å². The first kappa shape index (κ1) is 15.1. The predicted molar refractivity (Wildman–Crippen MR) is 85.1 cm³/mol. The topological polar surface area (TPSA) is 42.1 Å². The van der Waals surface area contributed by atoms with Crippen molar-refractivity contribution in [3.05, 3.63) is 37.8 Å². The van der Waals surface area contributed by atoms with Crippen molar-refractivity contribution in [2.45, 2.75) is 26.7 Å². The number of benzene rings is 1. The van der Waals surface area contributed by atoms with Crippen LogP contribution in [0.5, 0.6) is 5.75 Å². The Labute approximate surface area is 127 Å². The van der Waals surface area contributed by atoms with E-state index in [1.54, 1.807) is 7.11 Å². The summed E-state index contributed by atoms with van der Waals surface area (Å²) in [7, 11) is 1.58. The van der Waals surface area contributed by atoms with E-state index in [0.717, 1.165) is 29.0 Å². The highest BCUT2D eigenvalue weighted by molar-refractivity contribution is 7.09. The van der Waals surface area contributed by atoms with Crippen LogP contribution >= 0.6 is 22.9 Å². The summed E-state index contributed by atoms with van der Waals surface area (Å²) in [5.74, 6) is 1.25. The highest BCUT2D eigenvalue weighted by Crippen LogP contribution is 2.32. The molecular weight excluding hydrogens is 294 g/mol. The molecule has 1 aromatic carbocycles. The van der Waals surface area contributed by atoms with E-state index in [9.17, 15) is 4.79 Å². The molecule has 108 valence electrons. The number of ether oxygens (including phenoxy) is 1. The molecule has 0 unspecified atom stereocenters. The summed E-state index contributed by atoms with van der Waals surface area (Å²) in [6.07, 6.45) is 1.96. The minimum absolute atomic E-state index is 0.0225. The number of rotatable bonds is 5. The van der Waals surface area contributed by atoms with Gasteiger partial charge < -0.3 is 9.72 Å². The van der Waals surface area contributed by atoms with Crippen LogP contribution < -0.4 is 9.61 Å². The summed E-state index contributed by atoms with van der Waals surface area (Å²) in [6.45, 7) is 4.36. The van der Waals surface area contributed by atoms with Crippen molar-refractivity contribution in [2.24, 2.45) is 5.92 Å². The van der Waals surface area contributed by atoms with E-state index < -0.39 is 0 Å². The summed E-state index contributed by atoms with van der Waals surface area (Å²) in [5.41, 5.74) is 1.80. The van der Waals surface area contributed by atoms with Crippen molar-refractivity contribution in [1.29, 1.82) is 0 Å². The molecule has 0 aliphatic carbocycles. The zero-order valence-corrected chi connectivity index (χ0v) is 13.4. The summed E-state index contributed by atoms with van der Waals surface area (Å²) in [6, 6.07) is 5.57. The molecule has 2 aromatic rings. The lowest BCUT2D eigenvalue weighted by atomic mass is 10.0. The van der Waals surface area contributed by atoms with Gasteiger partial charge in [-0.25, -0.2) is 0 Å². The fourth-order valence-electron chi connectivity index (χ4n) is 2.01. The van der Waals surface area contributed by atoms with Crippen molar-refractivity contribution in [1.82, 2.24) is 4.98 Å². The molecule has 2 rings (SSSR count). The van der Waals surface area contributed by atoms with E-state index in [1.165, 1.54) is 11.3 Å². The molecule has 0 saturated carbocycles. The van der Waals surface area contributed by atoms with E-state index in [0.29, 0.717) is 16.7 Å². The SMILES string of the molecule is COc1ccc(-c2[nH]c(=O)sc2CCC(C)C)cc1Cl. The number of methoxy groups -OCH3 is 1. The van der Waals surface area contributed by atoms with Crippen LogP contribution in [0.2, 0.25) is 5.02 Å². The molecule has 1 aromatic heterocycles. The maximum atomic E-state index is 11.6. The van der Waals surface area contributed by atoms with Crippen LogP contribution in [0.4, 0.5) is 0 Å². The molecule has 0 aliphatic rings. The standard InChI is InChI=1S/C15H18ClNO2S/c1-9(2)4-7-13-14(17-15(18)20-13)10-5-6-12(19-3)11(16)8-10/h5-6,8-9H,4,7H2,1-3H3,(H,17,18). The molecule has 1 heterocycles. The Morgan fingerprint density at radius 2 is 2.15 bits per heavy atom.